The number of nitrogens with zero attached hydrogens (tertiary/aromatic N) is 2. The minimum atomic E-state index is -0.457. The van der Waals surface area contributed by atoms with Gasteiger partial charge in [-0.1, -0.05) is 42.5 Å². The summed E-state index contributed by atoms with van der Waals surface area (Å²) in [5, 5.41) is 10.6. The number of benzene rings is 2. The summed E-state index contributed by atoms with van der Waals surface area (Å²) >= 11 is 0. The lowest BCUT2D eigenvalue weighted by Crippen LogP contribution is -2.26. The number of nitro groups is 1. The topological polar surface area (TPSA) is 72.7 Å². The van der Waals surface area contributed by atoms with Gasteiger partial charge in [-0.3, -0.25) is 10.1 Å². The molecule has 2 rings (SSSR count). The molecule has 0 spiro atoms. The van der Waals surface area contributed by atoms with Gasteiger partial charge in [0.2, 0.25) is 0 Å². The smallest absolute Gasteiger partial charge is 0.410 e. The number of carbonyl (C=O) groups is 1. The number of nitro benzene ring substituents is 1. The molecule has 2 aromatic carbocycles. The van der Waals surface area contributed by atoms with E-state index >= 15 is 0 Å². The Bertz CT molecular complexity index is 641. The zero-order valence-electron chi connectivity index (χ0n) is 12.1. The molecular weight excluding hydrogens is 284 g/mol. The summed E-state index contributed by atoms with van der Waals surface area (Å²) in [6.07, 6.45) is -0.442. The molecule has 0 saturated carbocycles. The first kappa shape index (κ1) is 15.5. The van der Waals surface area contributed by atoms with Crippen molar-refractivity contribution in [2.24, 2.45) is 0 Å². The summed E-state index contributed by atoms with van der Waals surface area (Å²) in [5.41, 5.74) is 1.74. The fourth-order valence-electron chi connectivity index (χ4n) is 1.89. The van der Waals surface area contributed by atoms with Crippen LogP contribution in [0, 0.1) is 10.1 Å². The Hall–Kier alpha value is -2.89. The van der Waals surface area contributed by atoms with Gasteiger partial charge < -0.3 is 9.64 Å². The van der Waals surface area contributed by atoms with Crippen molar-refractivity contribution in [3.8, 4) is 0 Å². The molecule has 0 saturated heterocycles. The molecule has 0 aliphatic rings. The normalized spacial score (nSPS) is 10.0. The minimum Gasteiger partial charge on any atom is -0.445 e. The van der Waals surface area contributed by atoms with E-state index in [1.807, 2.05) is 30.3 Å². The monoisotopic (exact) mass is 300 g/mol. The van der Waals surface area contributed by atoms with Gasteiger partial charge in [0.05, 0.1) is 4.92 Å². The average molecular weight is 300 g/mol. The largest absolute Gasteiger partial charge is 0.445 e. The van der Waals surface area contributed by atoms with E-state index in [1.54, 1.807) is 19.2 Å². The van der Waals surface area contributed by atoms with E-state index in [4.69, 9.17) is 4.74 Å². The number of hydrogen-bond donors (Lipinski definition) is 0. The van der Waals surface area contributed by atoms with Crippen LogP contribution in [-0.2, 0) is 17.9 Å². The molecule has 0 atom stereocenters. The SMILES string of the molecule is CN(Cc1ccc([N+](=O)[O-])cc1)C(=O)OCc1ccccc1. The molecule has 0 bridgehead atoms. The fourth-order valence-corrected chi connectivity index (χ4v) is 1.89. The third-order valence-electron chi connectivity index (χ3n) is 3.08. The summed E-state index contributed by atoms with van der Waals surface area (Å²) in [4.78, 5) is 23.4. The Labute approximate surface area is 128 Å². The fraction of sp³-hybridized carbons (Fsp3) is 0.188. The van der Waals surface area contributed by atoms with Crippen LogP contribution in [0.1, 0.15) is 11.1 Å². The van der Waals surface area contributed by atoms with Crippen molar-refractivity contribution < 1.29 is 14.5 Å². The molecule has 114 valence electrons. The second kappa shape index (κ2) is 7.21. The van der Waals surface area contributed by atoms with Crippen LogP contribution in [-0.4, -0.2) is 23.0 Å². The maximum atomic E-state index is 11.9. The van der Waals surface area contributed by atoms with Crippen molar-refractivity contribution in [2.75, 3.05) is 7.05 Å². The van der Waals surface area contributed by atoms with E-state index in [1.165, 1.54) is 17.0 Å². The second-order valence-corrected chi connectivity index (χ2v) is 4.82. The molecular formula is C16H16N2O4. The number of amides is 1. The van der Waals surface area contributed by atoms with E-state index in [-0.39, 0.29) is 12.3 Å². The van der Waals surface area contributed by atoms with Gasteiger partial charge in [-0.05, 0) is 11.1 Å². The molecule has 6 heteroatoms. The Morgan fingerprint density at radius 1 is 1.09 bits per heavy atom. The molecule has 0 aliphatic carbocycles. The van der Waals surface area contributed by atoms with E-state index in [2.05, 4.69) is 0 Å². The number of non-ortho nitro benzene ring substituents is 1. The summed E-state index contributed by atoms with van der Waals surface area (Å²) in [6, 6.07) is 15.5. The first-order chi connectivity index (χ1) is 10.6. The zero-order chi connectivity index (χ0) is 15.9. The highest BCUT2D eigenvalue weighted by Crippen LogP contribution is 2.13. The number of hydrogen-bond acceptors (Lipinski definition) is 4. The second-order valence-electron chi connectivity index (χ2n) is 4.82. The lowest BCUT2D eigenvalue weighted by molar-refractivity contribution is -0.384. The molecule has 0 aliphatic heterocycles. The lowest BCUT2D eigenvalue weighted by Gasteiger charge is -2.17. The van der Waals surface area contributed by atoms with Crippen LogP contribution in [0.4, 0.5) is 10.5 Å². The first-order valence-electron chi connectivity index (χ1n) is 6.71. The molecule has 0 fully saturated rings. The highest BCUT2D eigenvalue weighted by molar-refractivity contribution is 5.67. The van der Waals surface area contributed by atoms with Gasteiger partial charge in [0.25, 0.3) is 5.69 Å². The lowest BCUT2D eigenvalue weighted by atomic mass is 10.2. The Morgan fingerprint density at radius 3 is 2.32 bits per heavy atom. The van der Waals surface area contributed by atoms with Crippen molar-refractivity contribution in [3.63, 3.8) is 0 Å². The van der Waals surface area contributed by atoms with Crippen molar-refractivity contribution in [3.05, 3.63) is 75.8 Å². The van der Waals surface area contributed by atoms with E-state index in [9.17, 15) is 14.9 Å². The molecule has 0 N–H and O–H groups in total. The molecule has 0 radical (unpaired) electrons. The van der Waals surface area contributed by atoms with Crippen molar-refractivity contribution in [2.45, 2.75) is 13.2 Å². The zero-order valence-corrected chi connectivity index (χ0v) is 12.1. The quantitative estimate of drug-likeness (QED) is 0.627. The Kier molecular flexibility index (Phi) is 5.08. The summed E-state index contributed by atoms with van der Waals surface area (Å²) in [7, 11) is 1.62. The maximum absolute atomic E-state index is 11.9. The van der Waals surface area contributed by atoms with Gasteiger partial charge in [-0.2, -0.15) is 0 Å². The van der Waals surface area contributed by atoms with Crippen LogP contribution < -0.4 is 0 Å². The predicted octanol–water partition coefficient (Wildman–Crippen LogP) is 3.36. The van der Waals surface area contributed by atoms with Crippen LogP contribution in [0.3, 0.4) is 0 Å². The predicted molar refractivity (Wildman–Crippen MR) is 81.2 cm³/mol. The van der Waals surface area contributed by atoms with Gasteiger partial charge in [0, 0.05) is 25.7 Å². The highest BCUT2D eigenvalue weighted by Gasteiger charge is 2.12. The number of rotatable bonds is 5. The van der Waals surface area contributed by atoms with Crippen LogP contribution in [0.15, 0.2) is 54.6 Å². The van der Waals surface area contributed by atoms with Gasteiger partial charge >= 0.3 is 6.09 Å². The molecule has 22 heavy (non-hydrogen) atoms. The molecule has 0 heterocycles. The molecule has 0 aromatic heterocycles. The molecule has 0 unspecified atom stereocenters. The van der Waals surface area contributed by atoms with Crippen molar-refractivity contribution >= 4 is 11.8 Å². The number of carbonyl (C=O) groups excluding carboxylic acids is 1. The Morgan fingerprint density at radius 2 is 1.73 bits per heavy atom. The van der Waals surface area contributed by atoms with Gasteiger partial charge in [0.1, 0.15) is 6.61 Å². The summed E-state index contributed by atoms with van der Waals surface area (Å²) in [6.45, 7) is 0.538. The van der Waals surface area contributed by atoms with E-state index in [0.29, 0.717) is 6.54 Å². The molecule has 6 nitrogen and oxygen atoms in total. The van der Waals surface area contributed by atoms with Crippen molar-refractivity contribution in [1.82, 2.24) is 4.90 Å². The standard InChI is InChI=1S/C16H16N2O4/c1-17(11-13-7-9-15(10-8-13)18(20)21)16(19)22-12-14-5-3-2-4-6-14/h2-10H,11-12H2,1H3. The van der Waals surface area contributed by atoms with Gasteiger partial charge in [0.15, 0.2) is 0 Å². The number of ether oxygens (including phenoxy) is 1. The maximum Gasteiger partial charge on any atom is 0.410 e. The third-order valence-corrected chi connectivity index (χ3v) is 3.08. The molecule has 2 aromatic rings. The van der Waals surface area contributed by atoms with Crippen LogP contribution in [0.5, 0.6) is 0 Å². The summed E-state index contributed by atoms with van der Waals surface area (Å²) < 4.78 is 5.20. The third kappa shape index (κ3) is 4.31. The highest BCUT2D eigenvalue weighted by atomic mass is 16.6. The van der Waals surface area contributed by atoms with E-state index in [0.717, 1.165) is 11.1 Å². The van der Waals surface area contributed by atoms with Crippen LogP contribution in [0.2, 0.25) is 0 Å². The minimum absolute atomic E-state index is 0.0260. The Balaban J connectivity index is 1.86. The average Bonchev–Trinajstić information content (AvgIpc) is 2.54. The summed E-state index contributed by atoms with van der Waals surface area (Å²) in [5.74, 6) is 0. The van der Waals surface area contributed by atoms with Crippen molar-refractivity contribution in [1.29, 1.82) is 0 Å². The molecule has 1 amide bonds. The first-order valence-corrected chi connectivity index (χ1v) is 6.71. The van der Waals surface area contributed by atoms with Gasteiger partial charge in [-0.15, -0.1) is 0 Å². The van der Waals surface area contributed by atoms with Crippen LogP contribution >= 0.6 is 0 Å². The van der Waals surface area contributed by atoms with Gasteiger partial charge in [-0.25, -0.2) is 4.79 Å². The van der Waals surface area contributed by atoms with E-state index < -0.39 is 11.0 Å². The van der Waals surface area contributed by atoms with Crippen LogP contribution in [0.25, 0.3) is 0 Å².